The first kappa shape index (κ1) is 12.3. The molecule has 0 bridgehead atoms. The van der Waals surface area contributed by atoms with Gasteiger partial charge in [0.1, 0.15) is 5.82 Å². The van der Waals surface area contributed by atoms with Gasteiger partial charge in [0, 0.05) is 13.6 Å². The zero-order valence-corrected chi connectivity index (χ0v) is 9.41. The molecule has 1 aromatic rings. The minimum absolute atomic E-state index is 0.347. The lowest BCUT2D eigenvalue weighted by molar-refractivity contribution is 0.620. The molecule has 0 saturated carbocycles. The summed E-state index contributed by atoms with van der Waals surface area (Å²) in [5.74, 6) is -0.347. The Kier molecular flexibility index (Phi) is 4.53. The van der Waals surface area contributed by atoms with Gasteiger partial charge in [0.2, 0.25) is 0 Å². The van der Waals surface area contributed by atoms with E-state index in [-0.39, 0.29) is 5.82 Å². The van der Waals surface area contributed by atoms with E-state index in [2.05, 4.69) is 6.58 Å². The van der Waals surface area contributed by atoms with E-state index in [1.165, 1.54) is 6.07 Å². The number of halogens is 1. The summed E-state index contributed by atoms with van der Waals surface area (Å²) in [4.78, 5) is 1.85. The Balaban J connectivity index is 2.72. The van der Waals surface area contributed by atoms with Gasteiger partial charge in [-0.3, -0.25) is 0 Å². The van der Waals surface area contributed by atoms with Gasteiger partial charge in [0.25, 0.3) is 0 Å². The van der Waals surface area contributed by atoms with Crippen molar-refractivity contribution in [2.75, 3.05) is 18.5 Å². The van der Waals surface area contributed by atoms with Crippen molar-refractivity contribution < 1.29 is 4.39 Å². The molecule has 16 heavy (non-hydrogen) atoms. The van der Waals surface area contributed by atoms with Crippen LogP contribution >= 0.6 is 0 Å². The SMILES string of the molecule is C=CCCCN(C)c1ccc(C#N)cc1F. The topological polar surface area (TPSA) is 27.0 Å². The number of nitrogens with zero attached hydrogens (tertiary/aromatic N) is 2. The summed E-state index contributed by atoms with van der Waals surface area (Å²) < 4.78 is 13.6. The van der Waals surface area contributed by atoms with Gasteiger partial charge in [-0.05, 0) is 31.0 Å². The molecule has 0 saturated heterocycles. The average Bonchev–Trinajstić information content (AvgIpc) is 2.29. The van der Waals surface area contributed by atoms with Crippen LogP contribution in [0.25, 0.3) is 0 Å². The highest BCUT2D eigenvalue weighted by Gasteiger charge is 2.07. The molecule has 0 aromatic heterocycles. The van der Waals surface area contributed by atoms with Gasteiger partial charge in [-0.1, -0.05) is 6.08 Å². The molecule has 0 aliphatic rings. The third kappa shape index (κ3) is 3.09. The van der Waals surface area contributed by atoms with Crippen LogP contribution in [0.1, 0.15) is 18.4 Å². The molecule has 0 aliphatic carbocycles. The zero-order chi connectivity index (χ0) is 12.0. The second-order valence-corrected chi connectivity index (χ2v) is 3.63. The molecular formula is C13H15FN2. The Morgan fingerprint density at radius 1 is 1.56 bits per heavy atom. The molecule has 0 unspecified atom stereocenters. The van der Waals surface area contributed by atoms with Gasteiger partial charge in [-0.2, -0.15) is 5.26 Å². The van der Waals surface area contributed by atoms with Crippen molar-refractivity contribution in [2.45, 2.75) is 12.8 Å². The van der Waals surface area contributed by atoms with Gasteiger partial charge in [-0.25, -0.2) is 4.39 Å². The standard InChI is InChI=1S/C13H15FN2/c1-3-4-5-8-16(2)13-7-6-11(10-15)9-12(13)14/h3,6-7,9H,1,4-5,8H2,2H3. The van der Waals surface area contributed by atoms with Crippen molar-refractivity contribution in [2.24, 2.45) is 0 Å². The first-order valence-electron chi connectivity index (χ1n) is 5.20. The monoisotopic (exact) mass is 218 g/mol. The Bertz CT molecular complexity index is 407. The van der Waals surface area contributed by atoms with E-state index in [1.54, 1.807) is 12.1 Å². The minimum Gasteiger partial charge on any atom is -0.372 e. The van der Waals surface area contributed by atoms with Crippen molar-refractivity contribution in [1.82, 2.24) is 0 Å². The van der Waals surface area contributed by atoms with Crippen LogP contribution in [0, 0.1) is 17.1 Å². The van der Waals surface area contributed by atoms with Crippen LogP contribution in [0.15, 0.2) is 30.9 Å². The van der Waals surface area contributed by atoms with Crippen LogP contribution in [0.4, 0.5) is 10.1 Å². The predicted octanol–water partition coefficient (Wildman–Crippen LogP) is 3.10. The number of anilines is 1. The molecule has 84 valence electrons. The predicted molar refractivity (Wildman–Crippen MR) is 63.8 cm³/mol. The summed E-state index contributed by atoms with van der Waals surface area (Å²) in [6.07, 6.45) is 3.71. The van der Waals surface area contributed by atoms with Crippen LogP contribution in [0.2, 0.25) is 0 Å². The molecule has 0 aliphatic heterocycles. The number of benzene rings is 1. The van der Waals surface area contributed by atoms with Crippen LogP contribution in [0.3, 0.4) is 0 Å². The fraction of sp³-hybridized carbons (Fsp3) is 0.308. The average molecular weight is 218 g/mol. The van der Waals surface area contributed by atoms with E-state index in [1.807, 2.05) is 24.1 Å². The molecule has 0 amide bonds. The molecule has 1 aromatic carbocycles. The molecule has 0 N–H and O–H groups in total. The first-order valence-corrected chi connectivity index (χ1v) is 5.20. The molecule has 0 radical (unpaired) electrons. The molecular weight excluding hydrogens is 203 g/mol. The summed E-state index contributed by atoms with van der Waals surface area (Å²) in [6, 6.07) is 6.45. The van der Waals surface area contributed by atoms with Gasteiger partial charge >= 0.3 is 0 Å². The molecule has 0 spiro atoms. The second-order valence-electron chi connectivity index (χ2n) is 3.63. The maximum Gasteiger partial charge on any atom is 0.147 e. The van der Waals surface area contributed by atoms with E-state index in [4.69, 9.17) is 5.26 Å². The largest absolute Gasteiger partial charge is 0.372 e. The fourth-order valence-corrected chi connectivity index (χ4v) is 1.48. The molecule has 1 rings (SSSR count). The molecule has 0 heterocycles. The smallest absolute Gasteiger partial charge is 0.147 e. The summed E-state index contributed by atoms with van der Waals surface area (Å²) in [5.41, 5.74) is 0.879. The van der Waals surface area contributed by atoms with E-state index in [9.17, 15) is 4.39 Å². The van der Waals surface area contributed by atoms with Crippen molar-refractivity contribution in [3.63, 3.8) is 0 Å². The summed E-state index contributed by atoms with van der Waals surface area (Å²) in [5, 5.41) is 8.62. The van der Waals surface area contributed by atoms with Crippen molar-refractivity contribution in [3.05, 3.63) is 42.2 Å². The first-order chi connectivity index (χ1) is 7.69. The third-order valence-corrected chi connectivity index (χ3v) is 2.39. The quantitative estimate of drug-likeness (QED) is 0.561. The number of allylic oxidation sites excluding steroid dienone is 1. The van der Waals surface area contributed by atoms with Crippen molar-refractivity contribution >= 4 is 5.69 Å². The molecule has 2 nitrogen and oxygen atoms in total. The lowest BCUT2D eigenvalue weighted by atomic mass is 10.2. The summed E-state index contributed by atoms with van der Waals surface area (Å²) in [6.45, 7) is 4.41. The Hall–Kier alpha value is -1.82. The highest BCUT2D eigenvalue weighted by Crippen LogP contribution is 2.19. The highest BCUT2D eigenvalue weighted by molar-refractivity contribution is 5.50. The van der Waals surface area contributed by atoms with Crippen LogP contribution in [-0.4, -0.2) is 13.6 Å². The Morgan fingerprint density at radius 3 is 2.88 bits per heavy atom. The number of unbranched alkanes of at least 4 members (excludes halogenated alkanes) is 1. The van der Waals surface area contributed by atoms with E-state index >= 15 is 0 Å². The van der Waals surface area contributed by atoms with Gasteiger partial charge in [0.15, 0.2) is 0 Å². The molecule has 0 atom stereocenters. The van der Waals surface area contributed by atoms with E-state index < -0.39 is 0 Å². The maximum atomic E-state index is 13.6. The maximum absolute atomic E-state index is 13.6. The van der Waals surface area contributed by atoms with Gasteiger partial charge in [0.05, 0.1) is 17.3 Å². The fourth-order valence-electron chi connectivity index (χ4n) is 1.48. The lowest BCUT2D eigenvalue weighted by Crippen LogP contribution is -2.19. The second kappa shape index (κ2) is 5.92. The van der Waals surface area contributed by atoms with Crippen LogP contribution in [0.5, 0.6) is 0 Å². The molecule has 3 heteroatoms. The zero-order valence-electron chi connectivity index (χ0n) is 9.41. The summed E-state index contributed by atoms with van der Waals surface area (Å²) in [7, 11) is 1.84. The van der Waals surface area contributed by atoms with Crippen LogP contribution < -0.4 is 4.90 Å². The number of nitriles is 1. The highest BCUT2D eigenvalue weighted by atomic mass is 19.1. The van der Waals surface area contributed by atoms with Crippen molar-refractivity contribution in [1.29, 1.82) is 5.26 Å². The van der Waals surface area contributed by atoms with E-state index in [0.29, 0.717) is 11.3 Å². The number of rotatable bonds is 5. The molecule has 0 fully saturated rings. The number of hydrogen-bond donors (Lipinski definition) is 0. The normalized spacial score (nSPS) is 9.56. The van der Waals surface area contributed by atoms with Crippen molar-refractivity contribution in [3.8, 4) is 6.07 Å². The minimum atomic E-state index is -0.347. The Morgan fingerprint density at radius 2 is 2.31 bits per heavy atom. The Labute approximate surface area is 95.6 Å². The third-order valence-electron chi connectivity index (χ3n) is 2.39. The summed E-state index contributed by atoms with van der Waals surface area (Å²) >= 11 is 0. The number of hydrogen-bond acceptors (Lipinski definition) is 2. The van der Waals surface area contributed by atoms with Gasteiger partial charge in [-0.15, -0.1) is 6.58 Å². The lowest BCUT2D eigenvalue weighted by Gasteiger charge is -2.19. The van der Waals surface area contributed by atoms with Crippen LogP contribution in [-0.2, 0) is 0 Å². The van der Waals surface area contributed by atoms with Gasteiger partial charge < -0.3 is 4.90 Å². The van der Waals surface area contributed by atoms with E-state index in [0.717, 1.165) is 19.4 Å².